The summed E-state index contributed by atoms with van der Waals surface area (Å²) in [6.45, 7) is 5.74. The number of piperazine rings is 1. The lowest BCUT2D eigenvalue weighted by Crippen LogP contribution is -2.60. The van der Waals surface area contributed by atoms with Gasteiger partial charge in [0.15, 0.2) is 21.5 Å². The van der Waals surface area contributed by atoms with Crippen LogP contribution in [-0.4, -0.2) is 85.4 Å². The van der Waals surface area contributed by atoms with Crippen LogP contribution in [0.25, 0.3) is 22.2 Å². The lowest BCUT2D eigenvalue weighted by atomic mass is 10.1. The zero-order valence-corrected chi connectivity index (χ0v) is 24.9. The minimum absolute atomic E-state index is 0.0760. The first-order chi connectivity index (χ1) is 20.5. The molecule has 1 fully saturated rings. The molecule has 5 rings (SSSR count). The molecule has 1 saturated heterocycles. The molecule has 4 aromatic rings. The van der Waals surface area contributed by atoms with Gasteiger partial charge in [-0.15, -0.1) is 0 Å². The summed E-state index contributed by atoms with van der Waals surface area (Å²) < 4.78 is 59.2. The molecule has 228 valence electrons. The third-order valence-electron chi connectivity index (χ3n) is 7.24. The van der Waals surface area contributed by atoms with Gasteiger partial charge in [-0.1, -0.05) is 18.2 Å². The van der Waals surface area contributed by atoms with Gasteiger partial charge in [0.25, 0.3) is 0 Å². The summed E-state index contributed by atoms with van der Waals surface area (Å²) in [6, 6.07) is 9.01. The van der Waals surface area contributed by atoms with E-state index in [1.165, 1.54) is 12.1 Å². The zero-order valence-electron chi connectivity index (χ0n) is 24.1. The summed E-state index contributed by atoms with van der Waals surface area (Å²) in [5, 5.41) is 9.69. The molecule has 2 aromatic carbocycles. The highest BCUT2D eigenvalue weighted by molar-refractivity contribution is 7.90. The Balaban J connectivity index is 1.43. The first-order valence-corrected chi connectivity index (χ1v) is 15.5. The van der Waals surface area contributed by atoms with Crippen LogP contribution in [0.3, 0.4) is 0 Å². The van der Waals surface area contributed by atoms with Gasteiger partial charge >= 0.3 is 0 Å². The number of aromatic amines is 1. The summed E-state index contributed by atoms with van der Waals surface area (Å²) in [4.78, 5) is 26.4. The Morgan fingerprint density at radius 3 is 2.53 bits per heavy atom. The van der Waals surface area contributed by atoms with Crippen molar-refractivity contribution < 1.29 is 26.7 Å². The van der Waals surface area contributed by atoms with Gasteiger partial charge in [0, 0.05) is 55.7 Å². The zero-order chi connectivity index (χ0) is 30.9. The average Bonchev–Trinajstić information content (AvgIpc) is 3.37. The molecule has 4 N–H and O–H groups in total. The number of nitrogens with one attached hydrogen (secondary N) is 4. The molecule has 1 amide bonds. The van der Waals surface area contributed by atoms with E-state index in [-0.39, 0.29) is 41.9 Å². The van der Waals surface area contributed by atoms with E-state index in [9.17, 15) is 17.6 Å². The maximum absolute atomic E-state index is 15.1. The summed E-state index contributed by atoms with van der Waals surface area (Å²) >= 11 is 0. The molecule has 14 heteroatoms. The van der Waals surface area contributed by atoms with Crippen molar-refractivity contribution in [2.75, 3.05) is 43.7 Å². The van der Waals surface area contributed by atoms with Crippen LogP contribution >= 0.6 is 0 Å². The van der Waals surface area contributed by atoms with Crippen molar-refractivity contribution in [2.24, 2.45) is 0 Å². The topological polar surface area (TPSA) is 141 Å². The number of H-pyrrole nitrogens is 1. The largest absolute Gasteiger partial charge is 0.383 e. The number of benzene rings is 2. The minimum Gasteiger partial charge on any atom is -0.383 e. The molecule has 0 radical (unpaired) electrons. The van der Waals surface area contributed by atoms with Gasteiger partial charge in [0.2, 0.25) is 11.9 Å². The molecule has 11 nitrogen and oxygen atoms in total. The molecule has 1 aliphatic rings. The molecule has 3 heterocycles. The molecule has 0 unspecified atom stereocenters. The maximum atomic E-state index is 15.1. The fourth-order valence-corrected chi connectivity index (χ4v) is 6.19. The number of nitrogens with zero attached hydrogens (tertiary/aromatic N) is 3. The number of methoxy groups -OCH3 is 1. The molecule has 0 saturated carbocycles. The van der Waals surface area contributed by atoms with E-state index in [2.05, 4.69) is 49.6 Å². The van der Waals surface area contributed by atoms with Crippen molar-refractivity contribution in [1.29, 1.82) is 0 Å². The Morgan fingerprint density at radius 2 is 1.84 bits per heavy atom. The van der Waals surface area contributed by atoms with Gasteiger partial charge in [-0.2, -0.15) is 0 Å². The quantitative estimate of drug-likeness (QED) is 0.222. The number of sulfone groups is 1. The fourth-order valence-electron chi connectivity index (χ4n) is 5.43. The number of amides is 1. The second kappa shape index (κ2) is 12.3. The Hall–Kier alpha value is -3.98. The maximum Gasteiger partial charge on any atom is 0.244 e. The molecule has 0 bridgehead atoms. The lowest BCUT2D eigenvalue weighted by molar-refractivity contribution is -0.124. The highest BCUT2D eigenvalue weighted by atomic mass is 32.2. The second-order valence-corrected chi connectivity index (χ2v) is 12.7. The van der Waals surface area contributed by atoms with Crippen LogP contribution in [0.5, 0.6) is 0 Å². The molecule has 43 heavy (non-hydrogen) atoms. The molecular formula is C29H33F2N7O4S. The van der Waals surface area contributed by atoms with Crippen molar-refractivity contribution >= 4 is 44.0 Å². The van der Waals surface area contributed by atoms with Crippen LogP contribution in [0.4, 0.5) is 26.1 Å². The highest BCUT2D eigenvalue weighted by Crippen LogP contribution is 2.34. The number of carbonyl (C=O) groups is 1. The molecule has 0 aliphatic carbocycles. The third-order valence-corrected chi connectivity index (χ3v) is 8.35. The first-order valence-electron chi connectivity index (χ1n) is 13.6. The fraction of sp³-hybridized carbons (Fsp3) is 0.345. The summed E-state index contributed by atoms with van der Waals surface area (Å²) in [7, 11) is -2.26. The second-order valence-electron chi connectivity index (χ2n) is 10.7. The van der Waals surface area contributed by atoms with E-state index in [0.717, 1.165) is 18.5 Å². The van der Waals surface area contributed by atoms with Gasteiger partial charge in [-0.05, 0) is 32.0 Å². The van der Waals surface area contributed by atoms with Crippen LogP contribution in [0.2, 0.25) is 0 Å². The van der Waals surface area contributed by atoms with E-state index in [4.69, 9.17) is 4.74 Å². The molecule has 1 aliphatic heterocycles. The monoisotopic (exact) mass is 613 g/mol. The smallest absolute Gasteiger partial charge is 0.244 e. The average molecular weight is 614 g/mol. The first kappa shape index (κ1) is 30.5. The molecular weight excluding hydrogens is 580 g/mol. The number of fused-ring (bicyclic) bond motifs is 1. The van der Waals surface area contributed by atoms with E-state index in [0.29, 0.717) is 35.2 Å². The Morgan fingerprint density at radius 1 is 1.14 bits per heavy atom. The predicted octanol–water partition coefficient (Wildman–Crippen LogP) is 3.69. The number of carbonyl (C=O) groups excluding carboxylic acids is 1. The van der Waals surface area contributed by atoms with Gasteiger partial charge in [0.1, 0.15) is 16.6 Å². The summed E-state index contributed by atoms with van der Waals surface area (Å²) in [5.41, 5.74) is 1.19. The van der Waals surface area contributed by atoms with Gasteiger partial charge < -0.3 is 25.7 Å². The lowest BCUT2D eigenvalue weighted by Gasteiger charge is -2.39. The molecule has 2 aromatic heterocycles. The number of para-hydroxylation sites is 1. The predicted molar refractivity (Wildman–Crippen MR) is 160 cm³/mol. The van der Waals surface area contributed by atoms with E-state index >= 15 is 4.39 Å². The van der Waals surface area contributed by atoms with Crippen molar-refractivity contribution in [2.45, 2.75) is 36.9 Å². The molecule has 0 spiro atoms. The number of halogens is 2. The number of rotatable bonds is 9. The minimum atomic E-state index is -3.82. The highest BCUT2D eigenvalue weighted by Gasteiger charge is 2.32. The van der Waals surface area contributed by atoms with Crippen LogP contribution in [0.15, 0.2) is 53.7 Å². The van der Waals surface area contributed by atoms with Crippen LogP contribution in [0, 0.1) is 11.6 Å². The van der Waals surface area contributed by atoms with Gasteiger partial charge in [-0.3, -0.25) is 9.69 Å². The standard InChI is InChI=1S/C29H33F2N7O4S/c1-16-13-38(14-17(2)34-16)23(15-42-3)28(39)35-22-9-5-7-18-19(11-32-27(18)22)26-20(30)12-33-29(37-26)36-21-8-6-10-24(25(21)31)43(4,40)41/h5-12,16-17,23,32,34H,13-15H2,1-4H3,(H,35,39)(H,33,36,37)/t16-,17-,23+/m1/s1. The SMILES string of the molecule is COC[C@@H](C(=O)Nc1cccc2c(-c3nc(Nc4cccc(S(C)(=O)=O)c4F)ncc3F)c[nH]c12)N1C[C@@H](C)N[C@H](C)C1. The van der Waals surface area contributed by atoms with Crippen molar-refractivity contribution in [3.8, 4) is 11.3 Å². The van der Waals surface area contributed by atoms with Crippen molar-refractivity contribution in [1.82, 2.24) is 25.2 Å². The third kappa shape index (κ3) is 6.51. The summed E-state index contributed by atoms with van der Waals surface area (Å²) in [5.74, 6) is -2.09. The van der Waals surface area contributed by atoms with Crippen LogP contribution in [-0.2, 0) is 19.4 Å². The van der Waals surface area contributed by atoms with Crippen LogP contribution in [0.1, 0.15) is 13.8 Å². The van der Waals surface area contributed by atoms with E-state index < -0.39 is 32.4 Å². The van der Waals surface area contributed by atoms with E-state index in [1.54, 1.807) is 31.5 Å². The van der Waals surface area contributed by atoms with Crippen LogP contribution < -0.4 is 16.0 Å². The van der Waals surface area contributed by atoms with E-state index in [1.807, 2.05) is 0 Å². The van der Waals surface area contributed by atoms with Gasteiger partial charge in [0.05, 0.1) is 29.7 Å². The number of hydrogen-bond acceptors (Lipinski definition) is 9. The Labute approximate surface area is 248 Å². The molecule has 3 atom stereocenters. The van der Waals surface area contributed by atoms with Crippen molar-refractivity contribution in [3.63, 3.8) is 0 Å². The normalized spacial score (nSPS) is 18.5. The number of aromatic nitrogens is 3. The number of anilines is 3. The Kier molecular flexibility index (Phi) is 8.74. The summed E-state index contributed by atoms with van der Waals surface area (Å²) in [6.07, 6.45) is 3.41. The number of hydrogen-bond donors (Lipinski definition) is 4. The number of ether oxygens (including phenoxy) is 1. The van der Waals surface area contributed by atoms with Gasteiger partial charge in [-0.25, -0.2) is 27.2 Å². The van der Waals surface area contributed by atoms with Crippen molar-refractivity contribution in [3.05, 3.63) is 60.4 Å². The Bertz CT molecular complexity index is 1760.